The summed E-state index contributed by atoms with van der Waals surface area (Å²) in [7, 11) is 0. The highest BCUT2D eigenvalue weighted by atomic mass is 16.6. The lowest BCUT2D eigenvalue weighted by Gasteiger charge is -2.25. The van der Waals surface area contributed by atoms with Crippen LogP contribution >= 0.6 is 0 Å². The summed E-state index contributed by atoms with van der Waals surface area (Å²) in [6.07, 6.45) is 1.88. The van der Waals surface area contributed by atoms with Crippen molar-refractivity contribution in [1.82, 2.24) is 10.3 Å². The van der Waals surface area contributed by atoms with Crippen molar-refractivity contribution in [1.29, 1.82) is 5.26 Å². The van der Waals surface area contributed by atoms with E-state index in [9.17, 15) is 4.79 Å². The van der Waals surface area contributed by atoms with Crippen LogP contribution in [0.5, 0.6) is 23.1 Å². The summed E-state index contributed by atoms with van der Waals surface area (Å²) in [6.45, 7) is 5.67. The van der Waals surface area contributed by atoms with Gasteiger partial charge in [0.05, 0.1) is 22.9 Å². The minimum Gasteiger partial charge on any atom is -0.445 e. The molecule has 0 radical (unpaired) electrons. The Morgan fingerprint density at radius 2 is 2.07 bits per heavy atom. The number of nitrogens with one attached hydrogen (secondary N) is 2. The van der Waals surface area contributed by atoms with Gasteiger partial charge in [-0.15, -0.1) is 0 Å². The second-order valence-corrected chi connectivity index (χ2v) is 6.84. The smallest absolute Gasteiger partial charge is 0.265 e. The average Bonchev–Trinajstić information content (AvgIpc) is 2.66. The van der Waals surface area contributed by atoms with Crippen LogP contribution in [0, 0.1) is 11.3 Å². The van der Waals surface area contributed by atoms with E-state index in [1.165, 1.54) is 6.20 Å². The normalized spacial score (nSPS) is 12.7. The molecule has 1 atom stereocenters. The molecule has 2 aromatic rings. The van der Waals surface area contributed by atoms with Crippen LogP contribution in [0.2, 0.25) is 0 Å². The number of aliphatic hydroxyl groups excluding tert-OH is 1. The predicted octanol–water partition coefficient (Wildman–Crippen LogP) is 3.17. The minimum atomic E-state index is -0.334. The number of pyridine rings is 1. The fourth-order valence-corrected chi connectivity index (χ4v) is 2.77. The van der Waals surface area contributed by atoms with Gasteiger partial charge in [0.2, 0.25) is 5.75 Å². The van der Waals surface area contributed by atoms with E-state index in [1.807, 2.05) is 20.8 Å². The molecular weight excluding hydrogens is 360 g/mol. The monoisotopic (exact) mass is 382 g/mol. The Morgan fingerprint density at radius 3 is 2.75 bits per heavy atom. The van der Waals surface area contributed by atoms with E-state index in [0.29, 0.717) is 40.5 Å². The Bertz CT molecular complexity index is 937. The van der Waals surface area contributed by atoms with Crippen molar-refractivity contribution in [3.8, 4) is 29.2 Å². The molecule has 0 aliphatic carbocycles. The van der Waals surface area contributed by atoms with Crippen LogP contribution in [0.4, 0.5) is 5.69 Å². The van der Waals surface area contributed by atoms with Crippen LogP contribution in [0.1, 0.15) is 43.1 Å². The molecule has 0 bridgehead atoms. The molecular formula is C20H22N4O4. The molecule has 1 amide bonds. The fourth-order valence-electron chi connectivity index (χ4n) is 2.77. The Hall–Kier alpha value is -3.31. The zero-order chi connectivity index (χ0) is 20.3. The third-order valence-corrected chi connectivity index (χ3v) is 4.11. The van der Waals surface area contributed by atoms with Gasteiger partial charge in [-0.3, -0.25) is 4.79 Å². The number of nitrogens with zero attached hydrogens (tertiary/aromatic N) is 2. The van der Waals surface area contributed by atoms with E-state index in [-0.39, 0.29) is 30.5 Å². The average molecular weight is 382 g/mol. The number of anilines is 1. The van der Waals surface area contributed by atoms with E-state index >= 15 is 0 Å². The zero-order valence-corrected chi connectivity index (χ0v) is 15.9. The fraction of sp³-hybridized carbons (Fsp3) is 0.350. The molecule has 8 nitrogen and oxygen atoms in total. The van der Waals surface area contributed by atoms with Gasteiger partial charge in [0, 0.05) is 31.0 Å². The van der Waals surface area contributed by atoms with Crippen molar-refractivity contribution in [2.24, 2.45) is 0 Å². The van der Waals surface area contributed by atoms with Crippen LogP contribution in [-0.4, -0.2) is 34.7 Å². The number of hydrogen-bond donors (Lipinski definition) is 3. The number of fused-ring (bicyclic) bond motifs is 2. The van der Waals surface area contributed by atoms with Gasteiger partial charge in [-0.2, -0.15) is 5.26 Å². The number of rotatable bonds is 6. The summed E-state index contributed by atoms with van der Waals surface area (Å²) in [5, 5.41) is 24.2. The number of aromatic nitrogens is 1. The topological polar surface area (TPSA) is 117 Å². The highest BCUT2D eigenvalue weighted by Crippen LogP contribution is 2.49. The van der Waals surface area contributed by atoms with Gasteiger partial charge >= 0.3 is 0 Å². The Labute approximate surface area is 163 Å². The molecule has 0 fully saturated rings. The third-order valence-electron chi connectivity index (χ3n) is 4.11. The van der Waals surface area contributed by atoms with Gasteiger partial charge in [-0.25, -0.2) is 4.98 Å². The van der Waals surface area contributed by atoms with E-state index in [1.54, 1.807) is 18.2 Å². The van der Waals surface area contributed by atoms with Crippen molar-refractivity contribution in [2.75, 3.05) is 11.9 Å². The summed E-state index contributed by atoms with van der Waals surface area (Å²) < 4.78 is 11.8. The largest absolute Gasteiger partial charge is 0.445 e. The number of ether oxygens (including phenoxy) is 2. The molecule has 0 saturated heterocycles. The number of amides is 1. The van der Waals surface area contributed by atoms with Crippen LogP contribution in [-0.2, 0) is 0 Å². The lowest BCUT2D eigenvalue weighted by Crippen LogP contribution is -2.34. The molecule has 3 rings (SSSR count). The number of hydrogen-bond acceptors (Lipinski definition) is 7. The van der Waals surface area contributed by atoms with Gasteiger partial charge in [0.25, 0.3) is 11.8 Å². The maximum Gasteiger partial charge on any atom is 0.265 e. The lowest BCUT2D eigenvalue weighted by molar-refractivity contribution is 0.0934. The molecule has 8 heteroatoms. The quantitative estimate of drug-likeness (QED) is 0.599. The van der Waals surface area contributed by atoms with E-state index in [2.05, 4.69) is 21.7 Å². The maximum absolute atomic E-state index is 12.8. The van der Waals surface area contributed by atoms with Crippen molar-refractivity contribution >= 4 is 11.6 Å². The molecule has 3 N–H and O–H groups in total. The molecule has 28 heavy (non-hydrogen) atoms. The number of carbonyl (C=O) groups is 1. The van der Waals surface area contributed by atoms with Crippen LogP contribution in [0.15, 0.2) is 24.4 Å². The molecule has 1 aliphatic rings. The summed E-state index contributed by atoms with van der Waals surface area (Å²) in [6, 6.07) is 6.73. The van der Waals surface area contributed by atoms with Crippen molar-refractivity contribution in [3.05, 3.63) is 35.5 Å². The summed E-state index contributed by atoms with van der Waals surface area (Å²) in [5.41, 5.74) is 1.20. The van der Waals surface area contributed by atoms with Crippen LogP contribution < -0.4 is 20.1 Å². The maximum atomic E-state index is 12.8. The highest BCUT2D eigenvalue weighted by molar-refractivity contribution is 6.01. The first-order chi connectivity index (χ1) is 13.4. The molecule has 0 saturated carbocycles. The minimum absolute atomic E-state index is 0.0170. The zero-order valence-electron chi connectivity index (χ0n) is 15.9. The number of aliphatic hydroxyl groups is 1. The molecule has 1 aromatic carbocycles. The van der Waals surface area contributed by atoms with Crippen LogP contribution in [0.25, 0.3) is 0 Å². The molecule has 0 spiro atoms. The summed E-state index contributed by atoms with van der Waals surface area (Å²) in [5.74, 6) is 1.02. The number of benzene rings is 1. The van der Waals surface area contributed by atoms with Gasteiger partial charge in [-0.1, -0.05) is 0 Å². The van der Waals surface area contributed by atoms with Gasteiger partial charge in [0.1, 0.15) is 0 Å². The SMILES string of the molecule is CC(C)Nc1c(C(=O)N[C@H](C)CCO)cnc2c1Oc1cc(C#N)ccc1O2. The first-order valence-electron chi connectivity index (χ1n) is 9.04. The Morgan fingerprint density at radius 1 is 1.29 bits per heavy atom. The molecule has 0 unspecified atom stereocenters. The lowest BCUT2D eigenvalue weighted by atomic mass is 10.1. The second-order valence-electron chi connectivity index (χ2n) is 6.84. The molecule has 1 aromatic heterocycles. The molecule has 146 valence electrons. The Kier molecular flexibility index (Phi) is 5.66. The third kappa shape index (κ3) is 4.00. The van der Waals surface area contributed by atoms with Gasteiger partial charge in [-0.05, 0) is 39.3 Å². The number of nitriles is 1. The summed E-state index contributed by atoms with van der Waals surface area (Å²) >= 11 is 0. The number of carbonyl (C=O) groups excluding carboxylic acids is 1. The van der Waals surface area contributed by atoms with Crippen molar-refractivity contribution in [3.63, 3.8) is 0 Å². The van der Waals surface area contributed by atoms with E-state index in [4.69, 9.17) is 19.8 Å². The van der Waals surface area contributed by atoms with E-state index < -0.39 is 0 Å². The van der Waals surface area contributed by atoms with Gasteiger partial charge in [0.15, 0.2) is 11.5 Å². The molecule has 1 aliphatic heterocycles. The van der Waals surface area contributed by atoms with Crippen molar-refractivity contribution in [2.45, 2.75) is 39.3 Å². The van der Waals surface area contributed by atoms with Crippen LogP contribution in [0.3, 0.4) is 0 Å². The van der Waals surface area contributed by atoms with Gasteiger partial charge < -0.3 is 25.2 Å². The predicted molar refractivity (Wildman–Crippen MR) is 103 cm³/mol. The molecule has 2 heterocycles. The van der Waals surface area contributed by atoms with Crippen molar-refractivity contribution < 1.29 is 19.4 Å². The highest BCUT2D eigenvalue weighted by Gasteiger charge is 2.28. The van der Waals surface area contributed by atoms with E-state index in [0.717, 1.165) is 0 Å². The second kappa shape index (κ2) is 8.15. The first-order valence-corrected chi connectivity index (χ1v) is 9.04. The summed E-state index contributed by atoms with van der Waals surface area (Å²) in [4.78, 5) is 17.0. The standard InChI is InChI=1S/C20H22N4O4/c1-11(2)23-17-14(19(26)24-12(3)6-7-25)10-22-20-18(17)27-16-8-13(9-21)4-5-15(16)28-20/h4-5,8,10-12,25H,6-7H2,1-3H3,(H,22,23)(H,24,26)/t12-/m1/s1. The Balaban J connectivity index is 2.01. The first kappa shape index (κ1) is 19.5.